The highest BCUT2D eigenvalue weighted by Gasteiger charge is 2.15. The molecule has 1 saturated heterocycles. The number of hydrogen-bond donors (Lipinski definition) is 3. The molecule has 0 saturated carbocycles. The first-order valence-electron chi connectivity index (χ1n) is 8.68. The molecule has 0 bridgehead atoms. The normalized spacial score (nSPS) is 14.4. The van der Waals surface area contributed by atoms with Crippen molar-refractivity contribution in [3.05, 3.63) is 47.0 Å². The van der Waals surface area contributed by atoms with Crippen LogP contribution in [0.1, 0.15) is 16.7 Å². The minimum atomic E-state index is -0.0324. The van der Waals surface area contributed by atoms with E-state index in [1.165, 1.54) is 5.69 Å². The standard InChI is InChI=1S/C20H24N2O2S2/c1-13-9-16(22-5-7-24-8-6-22)10-14(2)20(13)21-19(23)12-15-3-4-17(25)18(26)11-15/h3-4,9-11,25-26H,5-8,12H2,1-2H3,(H,21,23). The van der Waals surface area contributed by atoms with Crippen molar-refractivity contribution in [3.63, 3.8) is 0 Å². The van der Waals surface area contributed by atoms with Crippen LogP contribution in [0.15, 0.2) is 40.1 Å². The van der Waals surface area contributed by atoms with Gasteiger partial charge in [0.1, 0.15) is 0 Å². The van der Waals surface area contributed by atoms with Gasteiger partial charge in [0.15, 0.2) is 0 Å². The Balaban J connectivity index is 1.72. The first kappa shape index (κ1) is 19.1. The summed E-state index contributed by atoms with van der Waals surface area (Å²) in [5.74, 6) is -0.0324. The lowest BCUT2D eigenvalue weighted by atomic mass is 10.1. The highest BCUT2D eigenvalue weighted by Crippen LogP contribution is 2.28. The van der Waals surface area contributed by atoms with Gasteiger partial charge in [0, 0.05) is 34.3 Å². The molecule has 1 fully saturated rings. The highest BCUT2D eigenvalue weighted by molar-refractivity contribution is 7.83. The van der Waals surface area contributed by atoms with E-state index in [0.29, 0.717) is 6.42 Å². The number of nitrogens with one attached hydrogen (secondary N) is 1. The third-order valence-corrected chi connectivity index (χ3v) is 5.50. The second kappa shape index (κ2) is 8.37. The fourth-order valence-corrected chi connectivity index (χ4v) is 3.57. The van der Waals surface area contributed by atoms with Crippen LogP contribution in [0.2, 0.25) is 0 Å². The van der Waals surface area contributed by atoms with E-state index >= 15 is 0 Å². The molecule has 6 heteroatoms. The molecule has 0 atom stereocenters. The molecule has 138 valence electrons. The van der Waals surface area contributed by atoms with E-state index in [0.717, 1.165) is 58.5 Å². The number of thiol groups is 2. The summed E-state index contributed by atoms with van der Waals surface area (Å²) in [5.41, 5.74) is 5.14. The number of aryl methyl sites for hydroxylation is 2. The molecule has 0 aliphatic carbocycles. The number of morpholine rings is 1. The van der Waals surface area contributed by atoms with E-state index in [1.807, 2.05) is 32.0 Å². The van der Waals surface area contributed by atoms with Gasteiger partial charge in [-0.3, -0.25) is 4.79 Å². The highest BCUT2D eigenvalue weighted by atomic mass is 32.1. The molecule has 0 unspecified atom stereocenters. The lowest BCUT2D eigenvalue weighted by Gasteiger charge is -2.30. The molecular formula is C20H24N2O2S2. The maximum absolute atomic E-state index is 12.5. The van der Waals surface area contributed by atoms with Gasteiger partial charge in [0.25, 0.3) is 0 Å². The Morgan fingerprint density at radius 2 is 1.73 bits per heavy atom. The first-order valence-corrected chi connectivity index (χ1v) is 9.58. The second-order valence-corrected chi connectivity index (χ2v) is 7.57. The Hall–Kier alpha value is -1.63. The van der Waals surface area contributed by atoms with Crippen molar-refractivity contribution in [1.29, 1.82) is 0 Å². The molecular weight excluding hydrogens is 364 g/mol. The maximum Gasteiger partial charge on any atom is 0.228 e. The van der Waals surface area contributed by atoms with Crippen molar-refractivity contribution in [2.45, 2.75) is 30.1 Å². The SMILES string of the molecule is Cc1cc(N2CCOCC2)cc(C)c1NC(=O)Cc1ccc(S)c(S)c1. The minimum Gasteiger partial charge on any atom is -0.378 e. The number of hydrogen-bond acceptors (Lipinski definition) is 5. The number of carbonyl (C=O) groups is 1. The van der Waals surface area contributed by atoms with E-state index in [9.17, 15) is 4.79 Å². The second-order valence-electron chi connectivity index (χ2n) is 6.60. The molecule has 1 N–H and O–H groups in total. The molecule has 2 aromatic rings. The summed E-state index contributed by atoms with van der Waals surface area (Å²) in [6, 6.07) is 9.92. The fourth-order valence-electron chi connectivity index (χ4n) is 3.19. The molecule has 0 radical (unpaired) electrons. The van der Waals surface area contributed by atoms with Crippen LogP contribution < -0.4 is 10.2 Å². The number of anilines is 2. The van der Waals surface area contributed by atoms with Crippen LogP contribution in [0.5, 0.6) is 0 Å². The topological polar surface area (TPSA) is 41.6 Å². The molecule has 1 aliphatic heterocycles. The Morgan fingerprint density at radius 3 is 2.35 bits per heavy atom. The summed E-state index contributed by atoms with van der Waals surface area (Å²) in [6.45, 7) is 7.39. The van der Waals surface area contributed by atoms with Gasteiger partial charge < -0.3 is 15.0 Å². The maximum atomic E-state index is 12.5. The van der Waals surface area contributed by atoms with Crippen LogP contribution >= 0.6 is 25.3 Å². The number of nitrogens with zero attached hydrogens (tertiary/aromatic N) is 1. The molecule has 3 rings (SSSR count). The third kappa shape index (κ3) is 4.55. The van der Waals surface area contributed by atoms with Gasteiger partial charge in [0.05, 0.1) is 19.6 Å². The summed E-state index contributed by atoms with van der Waals surface area (Å²) in [4.78, 5) is 16.4. The van der Waals surface area contributed by atoms with Crippen molar-refractivity contribution >= 4 is 42.5 Å². The van der Waals surface area contributed by atoms with Gasteiger partial charge >= 0.3 is 0 Å². The van der Waals surface area contributed by atoms with Crippen LogP contribution in [0, 0.1) is 13.8 Å². The zero-order valence-electron chi connectivity index (χ0n) is 15.1. The fraction of sp³-hybridized carbons (Fsp3) is 0.350. The zero-order chi connectivity index (χ0) is 18.7. The van der Waals surface area contributed by atoms with Gasteiger partial charge in [-0.1, -0.05) is 6.07 Å². The zero-order valence-corrected chi connectivity index (χ0v) is 16.9. The quantitative estimate of drug-likeness (QED) is 0.696. The van der Waals surface area contributed by atoms with Crippen LogP contribution in [-0.4, -0.2) is 32.2 Å². The molecule has 1 aliphatic rings. The summed E-state index contributed by atoms with van der Waals surface area (Å²) in [5, 5.41) is 3.07. The van der Waals surface area contributed by atoms with Crippen molar-refractivity contribution < 1.29 is 9.53 Å². The number of amides is 1. The van der Waals surface area contributed by atoms with E-state index < -0.39 is 0 Å². The Labute approximate surface area is 165 Å². The summed E-state index contributed by atoms with van der Waals surface area (Å²) in [7, 11) is 0. The molecule has 0 aromatic heterocycles. The minimum absolute atomic E-state index is 0.0324. The number of benzene rings is 2. The molecule has 2 aromatic carbocycles. The van der Waals surface area contributed by atoms with Gasteiger partial charge in [-0.05, 0) is 54.8 Å². The largest absolute Gasteiger partial charge is 0.378 e. The Bertz CT molecular complexity index is 794. The van der Waals surface area contributed by atoms with Crippen LogP contribution in [0.4, 0.5) is 11.4 Å². The number of carbonyl (C=O) groups excluding carboxylic acids is 1. The van der Waals surface area contributed by atoms with Crippen LogP contribution in [-0.2, 0) is 16.0 Å². The van der Waals surface area contributed by atoms with Crippen molar-refractivity contribution in [2.75, 3.05) is 36.5 Å². The Kier molecular flexibility index (Phi) is 6.16. The first-order chi connectivity index (χ1) is 12.4. The van der Waals surface area contributed by atoms with E-state index in [4.69, 9.17) is 4.74 Å². The number of rotatable bonds is 4. The predicted octanol–water partition coefficient (Wildman–Crippen LogP) is 3.90. The van der Waals surface area contributed by atoms with E-state index in [-0.39, 0.29) is 5.91 Å². The van der Waals surface area contributed by atoms with Gasteiger partial charge in [0.2, 0.25) is 5.91 Å². The van der Waals surface area contributed by atoms with Gasteiger partial charge in [-0.25, -0.2) is 0 Å². The molecule has 1 heterocycles. The molecule has 4 nitrogen and oxygen atoms in total. The van der Waals surface area contributed by atoms with Crippen molar-refractivity contribution in [1.82, 2.24) is 0 Å². The lowest BCUT2D eigenvalue weighted by molar-refractivity contribution is -0.115. The summed E-state index contributed by atoms with van der Waals surface area (Å²) in [6.07, 6.45) is 0.311. The molecule has 1 amide bonds. The van der Waals surface area contributed by atoms with Crippen molar-refractivity contribution in [2.24, 2.45) is 0 Å². The van der Waals surface area contributed by atoms with Crippen LogP contribution in [0.3, 0.4) is 0 Å². The van der Waals surface area contributed by atoms with Gasteiger partial charge in [-0.2, -0.15) is 0 Å². The van der Waals surface area contributed by atoms with Crippen LogP contribution in [0.25, 0.3) is 0 Å². The smallest absolute Gasteiger partial charge is 0.228 e. The molecule has 0 spiro atoms. The van der Waals surface area contributed by atoms with Gasteiger partial charge in [-0.15, -0.1) is 25.3 Å². The number of ether oxygens (including phenoxy) is 1. The summed E-state index contributed by atoms with van der Waals surface area (Å²) >= 11 is 8.67. The van der Waals surface area contributed by atoms with Crippen molar-refractivity contribution in [3.8, 4) is 0 Å². The van der Waals surface area contributed by atoms with E-state index in [2.05, 4.69) is 47.6 Å². The average molecular weight is 389 g/mol. The van der Waals surface area contributed by atoms with E-state index in [1.54, 1.807) is 0 Å². The third-order valence-electron chi connectivity index (χ3n) is 4.56. The lowest BCUT2D eigenvalue weighted by Crippen LogP contribution is -2.36. The Morgan fingerprint density at radius 1 is 1.08 bits per heavy atom. The summed E-state index contributed by atoms with van der Waals surface area (Å²) < 4.78 is 5.42. The average Bonchev–Trinajstić information content (AvgIpc) is 2.62. The molecule has 26 heavy (non-hydrogen) atoms. The monoisotopic (exact) mass is 388 g/mol. The predicted molar refractivity (Wildman–Crippen MR) is 112 cm³/mol.